The number of anilines is 2. The molecule has 1 atom stereocenters. The Balaban J connectivity index is 1.91. The van der Waals surface area contributed by atoms with E-state index in [2.05, 4.69) is 10.6 Å². The Bertz CT molecular complexity index is 1010. The van der Waals surface area contributed by atoms with Gasteiger partial charge in [0.15, 0.2) is 11.5 Å². The zero-order chi connectivity index (χ0) is 23.4. The van der Waals surface area contributed by atoms with Gasteiger partial charge in [0.25, 0.3) is 5.91 Å². The van der Waals surface area contributed by atoms with Crippen LogP contribution in [0.15, 0.2) is 36.4 Å². The van der Waals surface area contributed by atoms with Crippen LogP contribution in [0.3, 0.4) is 0 Å². The zero-order valence-corrected chi connectivity index (χ0v) is 18.7. The van der Waals surface area contributed by atoms with Crippen molar-refractivity contribution in [1.82, 2.24) is 5.32 Å². The second-order valence-electron chi connectivity index (χ2n) is 7.60. The molecule has 0 saturated carbocycles. The fourth-order valence-electron chi connectivity index (χ4n) is 3.58. The van der Waals surface area contributed by atoms with Crippen LogP contribution in [-0.4, -0.2) is 51.6 Å². The number of benzene rings is 2. The molecule has 9 heteroatoms. The number of nitrogens with one attached hydrogen (secondary N) is 2. The number of amides is 3. The van der Waals surface area contributed by atoms with Crippen LogP contribution in [0.25, 0.3) is 0 Å². The lowest BCUT2D eigenvalue weighted by Crippen LogP contribution is -2.50. The summed E-state index contributed by atoms with van der Waals surface area (Å²) in [7, 11) is 4.44. The number of rotatable bonds is 7. The van der Waals surface area contributed by atoms with E-state index in [1.165, 1.54) is 26.2 Å². The molecule has 1 aliphatic heterocycles. The number of hydrogen-bond acceptors (Lipinski definition) is 6. The lowest BCUT2D eigenvalue weighted by molar-refractivity contribution is -0.123. The van der Waals surface area contributed by atoms with Gasteiger partial charge in [0.1, 0.15) is 12.6 Å². The smallest absolute Gasteiger partial charge is 0.254 e. The summed E-state index contributed by atoms with van der Waals surface area (Å²) >= 11 is 0. The first-order chi connectivity index (χ1) is 15.3. The van der Waals surface area contributed by atoms with E-state index >= 15 is 0 Å². The van der Waals surface area contributed by atoms with Crippen LogP contribution in [0.1, 0.15) is 24.2 Å². The summed E-state index contributed by atoms with van der Waals surface area (Å²) in [6, 6.07) is 9.17. The van der Waals surface area contributed by atoms with Crippen molar-refractivity contribution in [2.75, 3.05) is 38.1 Å². The number of carbonyl (C=O) groups excluding carboxylic acids is 3. The summed E-state index contributed by atoms with van der Waals surface area (Å²) in [5.41, 5.74) is 1.14. The van der Waals surface area contributed by atoms with Crippen LogP contribution >= 0.6 is 0 Å². The third-order valence-electron chi connectivity index (χ3n) is 5.18. The van der Waals surface area contributed by atoms with Gasteiger partial charge in [0.2, 0.25) is 17.6 Å². The van der Waals surface area contributed by atoms with Gasteiger partial charge in [-0.3, -0.25) is 14.4 Å². The molecular weight excluding hydrogens is 414 g/mol. The first-order valence-electron chi connectivity index (χ1n) is 10.1. The molecule has 0 saturated heterocycles. The van der Waals surface area contributed by atoms with Crippen molar-refractivity contribution in [3.05, 3.63) is 42.0 Å². The third-order valence-corrected chi connectivity index (χ3v) is 5.18. The number of fused-ring (bicyclic) bond motifs is 1. The molecule has 0 aliphatic carbocycles. The Morgan fingerprint density at radius 1 is 1.06 bits per heavy atom. The van der Waals surface area contributed by atoms with Gasteiger partial charge in [-0.1, -0.05) is 26.0 Å². The van der Waals surface area contributed by atoms with Gasteiger partial charge in [-0.25, -0.2) is 0 Å². The van der Waals surface area contributed by atoms with E-state index < -0.39 is 11.9 Å². The van der Waals surface area contributed by atoms with Crippen LogP contribution in [0.4, 0.5) is 11.4 Å². The van der Waals surface area contributed by atoms with E-state index in [-0.39, 0.29) is 24.3 Å². The van der Waals surface area contributed by atoms with E-state index in [4.69, 9.17) is 14.2 Å². The molecule has 0 radical (unpaired) electrons. The van der Waals surface area contributed by atoms with E-state index in [1.54, 1.807) is 36.4 Å². The minimum absolute atomic E-state index is 0.151. The average molecular weight is 441 g/mol. The molecule has 1 unspecified atom stereocenters. The Morgan fingerprint density at radius 2 is 1.69 bits per heavy atom. The second-order valence-corrected chi connectivity index (χ2v) is 7.60. The lowest BCUT2D eigenvalue weighted by Gasteiger charge is -2.26. The fourth-order valence-corrected chi connectivity index (χ4v) is 3.58. The molecule has 2 N–H and O–H groups in total. The predicted molar refractivity (Wildman–Crippen MR) is 120 cm³/mol. The highest BCUT2D eigenvalue weighted by Crippen LogP contribution is 2.40. The standard InChI is InChI=1S/C23H27N3O6/c1-13(2)20-23(29)26(16-9-7-6-8-15(16)22(28)25-20)12-19(27)24-14-10-17(30-3)21(32-5)18(11-14)31-4/h6-11,13,20H,12H2,1-5H3,(H,24,27)(H,25,28). The molecule has 0 fully saturated rings. The first-order valence-corrected chi connectivity index (χ1v) is 10.1. The van der Waals surface area contributed by atoms with Gasteiger partial charge < -0.3 is 29.7 Å². The topological polar surface area (TPSA) is 106 Å². The molecule has 0 spiro atoms. The summed E-state index contributed by atoms with van der Waals surface area (Å²) < 4.78 is 15.9. The zero-order valence-electron chi connectivity index (χ0n) is 18.7. The molecule has 0 bridgehead atoms. The maximum atomic E-state index is 13.2. The fraction of sp³-hybridized carbons (Fsp3) is 0.348. The van der Waals surface area contributed by atoms with Crippen molar-refractivity contribution >= 4 is 29.1 Å². The number of ether oxygens (including phenoxy) is 3. The number of carbonyl (C=O) groups is 3. The summed E-state index contributed by atoms with van der Waals surface area (Å²) in [5, 5.41) is 5.53. The van der Waals surface area contributed by atoms with Crippen LogP contribution < -0.4 is 29.7 Å². The third kappa shape index (κ3) is 4.46. The van der Waals surface area contributed by atoms with Crippen LogP contribution in [0.2, 0.25) is 0 Å². The number of para-hydroxylation sites is 1. The molecule has 2 aromatic carbocycles. The molecule has 1 aliphatic rings. The summed E-state index contributed by atoms with van der Waals surface area (Å²) in [5.74, 6) is -0.130. The van der Waals surface area contributed by atoms with E-state index in [0.717, 1.165) is 0 Å². The summed E-state index contributed by atoms with van der Waals surface area (Å²) in [4.78, 5) is 40.2. The van der Waals surface area contributed by atoms with Crippen LogP contribution in [0.5, 0.6) is 17.2 Å². The largest absolute Gasteiger partial charge is 0.493 e. The second kappa shape index (κ2) is 9.59. The molecule has 3 rings (SSSR count). The molecule has 1 heterocycles. The molecule has 2 aromatic rings. The Morgan fingerprint density at radius 3 is 2.25 bits per heavy atom. The highest BCUT2D eigenvalue weighted by atomic mass is 16.5. The van der Waals surface area contributed by atoms with Crippen LogP contribution in [-0.2, 0) is 9.59 Å². The Kier molecular flexibility index (Phi) is 6.87. The highest BCUT2D eigenvalue weighted by molar-refractivity contribution is 6.13. The van der Waals surface area contributed by atoms with Gasteiger partial charge in [-0.2, -0.15) is 0 Å². The molecule has 170 valence electrons. The van der Waals surface area contributed by atoms with Crippen LogP contribution in [0, 0.1) is 5.92 Å². The monoisotopic (exact) mass is 441 g/mol. The highest BCUT2D eigenvalue weighted by Gasteiger charge is 2.36. The van der Waals surface area contributed by atoms with Gasteiger partial charge in [-0.05, 0) is 18.1 Å². The van der Waals surface area contributed by atoms with Crippen molar-refractivity contribution in [3.63, 3.8) is 0 Å². The van der Waals surface area contributed by atoms with Gasteiger partial charge in [0, 0.05) is 17.8 Å². The van der Waals surface area contributed by atoms with Crippen molar-refractivity contribution in [2.24, 2.45) is 5.92 Å². The van der Waals surface area contributed by atoms with Gasteiger partial charge in [0.05, 0.1) is 32.6 Å². The molecule has 3 amide bonds. The molecule has 9 nitrogen and oxygen atoms in total. The first kappa shape index (κ1) is 22.9. The molecule has 0 aromatic heterocycles. The molecule has 32 heavy (non-hydrogen) atoms. The summed E-state index contributed by atoms with van der Waals surface area (Å²) in [6.07, 6.45) is 0. The molecular formula is C23H27N3O6. The van der Waals surface area contributed by atoms with E-state index in [9.17, 15) is 14.4 Å². The van der Waals surface area contributed by atoms with Gasteiger partial charge in [-0.15, -0.1) is 0 Å². The van der Waals surface area contributed by atoms with Crippen molar-refractivity contribution in [3.8, 4) is 17.2 Å². The average Bonchev–Trinajstić information content (AvgIpc) is 2.88. The maximum Gasteiger partial charge on any atom is 0.254 e. The Hall–Kier alpha value is -3.75. The van der Waals surface area contributed by atoms with Crippen molar-refractivity contribution < 1.29 is 28.6 Å². The number of hydrogen-bond donors (Lipinski definition) is 2. The SMILES string of the molecule is COc1cc(NC(=O)CN2C(=O)C(C(C)C)NC(=O)c3ccccc32)cc(OC)c1OC. The maximum absolute atomic E-state index is 13.2. The summed E-state index contributed by atoms with van der Waals surface area (Å²) in [6.45, 7) is 3.41. The minimum atomic E-state index is -0.746. The van der Waals surface area contributed by atoms with E-state index in [0.29, 0.717) is 34.2 Å². The van der Waals surface area contributed by atoms with E-state index in [1.807, 2.05) is 13.8 Å². The number of nitrogens with zero attached hydrogens (tertiary/aromatic N) is 1. The quantitative estimate of drug-likeness (QED) is 0.684. The van der Waals surface area contributed by atoms with Crippen molar-refractivity contribution in [1.29, 1.82) is 0 Å². The number of methoxy groups -OCH3 is 3. The normalized spacial score (nSPS) is 15.6. The van der Waals surface area contributed by atoms with Crippen molar-refractivity contribution in [2.45, 2.75) is 19.9 Å². The van der Waals surface area contributed by atoms with Gasteiger partial charge >= 0.3 is 0 Å². The lowest BCUT2D eigenvalue weighted by atomic mass is 10.0. The predicted octanol–water partition coefficient (Wildman–Crippen LogP) is 2.45. The Labute approximate surface area is 186 Å². The minimum Gasteiger partial charge on any atom is -0.493 e.